The quantitative estimate of drug-likeness (QED) is 0.619. The van der Waals surface area contributed by atoms with Crippen molar-refractivity contribution in [1.29, 1.82) is 0 Å². The van der Waals surface area contributed by atoms with Gasteiger partial charge in [-0.05, 0) is 6.07 Å². The molecule has 0 radical (unpaired) electrons. The number of amides is 1. The SMILES string of the molecule is Cn1ccc(C(=O)N2CC(O)C2)n1. The normalized spacial score (nSPS) is 17.2. The fourth-order valence-electron chi connectivity index (χ4n) is 1.31. The molecular weight excluding hydrogens is 170 g/mol. The Balaban J connectivity index is 2.06. The van der Waals surface area contributed by atoms with E-state index in [1.807, 2.05) is 0 Å². The van der Waals surface area contributed by atoms with Crippen molar-refractivity contribution >= 4 is 5.91 Å². The lowest BCUT2D eigenvalue weighted by Crippen LogP contribution is -2.53. The van der Waals surface area contributed by atoms with Crippen molar-refractivity contribution in [1.82, 2.24) is 14.7 Å². The molecule has 13 heavy (non-hydrogen) atoms. The van der Waals surface area contributed by atoms with Crippen molar-refractivity contribution in [3.05, 3.63) is 18.0 Å². The van der Waals surface area contributed by atoms with Crippen LogP contribution in [-0.4, -0.2) is 44.9 Å². The summed E-state index contributed by atoms with van der Waals surface area (Å²) in [6, 6.07) is 1.67. The third-order valence-electron chi connectivity index (χ3n) is 2.08. The van der Waals surface area contributed by atoms with Crippen LogP contribution in [0, 0.1) is 0 Å². The molecule has 0 spiro atoms. The maximum absolute atomic E-state index is 11.5. The first kappa shape index (κ1) is 8.25. The summed E-state index contributed by atoms with van der Waals surface area (Å²) in [7, 11) is 1.77. The van der Waals surface area contributed by atoms with Gasteiger partial charge < -0.3 is 10.0 Å². The van der Waals surface area contributed by atoms with Gasteiger partial charge in [0.15, 0.2) is 0 Å². The predicted molar refractivity (Wildman–Crippen MR) is 45.1 cm³/mol. The van der Waals surface area contributed by atoms with Crippen molar-refractivity contribution in [3.8, 4) is 0 Å². The third-order valence-corrected chi connectivity index (χ3v) is 2.08. The summed E-state index contributed by atoms with van der Waals surface area (Å²) in [5.74, 6) is -0.106. The first-order valence-corrected chi connectivity index (χ1v) is 4.14. The molecule has 5 nitrogen and oxygen atoms in total. The summed E-state index contributed by atoms with van der Waals surface area (Å²) < 4.78 is 1.59. The highest BCUT2D eigenvalue weighted by Crippen LogP contribution is 2.11. The van der Waals surface area contributed by atoms with Gasteiger partial charge in [0.1, 0.15) is 5.69 Å². The van der Waals surface area contributed by atoms with Crippen LogP contribution in [0.1, 0.15) is 10.5 Å². The number of carbonyl (C=O) groups is 1. The number of aromatic nitrogens is 2. The first-order chi connectivity index (χ1) is 6.16. The molecule has 1 aliphatic heterocycles. The van der Waals surface area contributed by atoms with Gasteiger partial charge in [-0.3, -0.25) is 9.48 Å². The zero-order valence-electron chi connectivity index (χ0n) is 7.34. The molecule has 70 valence electrons. The molecule has 0 bridgehead atoms. The lowest BCUT2D eigenvalue weighted by molar-refractivity contribution is 0.00546. The van der Waals surface area contributed by atoms with Gasteiger partial charge >= 0.3 is 0 Å². The van der Waals surface area contributed by atoms with Crippen molar-refractivity contribution in [2.75, 3.05) is 13.1 Å². The average molecular weight is 181 g/mol. The Labute approximate surface area is 75.6 Å². The third kappa shape index (κ3) is 1.42. The molecule has 1 saturated heterocycles. The van der Waals surface area contributed by atoms with Crippen LogP contribution in [0.15, 0.2) is 12.3 Å². The van der Waals surface area contributed by atoms with Crippen LogP contribution in [0.4, 0.5) is 0 Å². The van der Waals surface area contributed by atoms with Crippen molar-refractivity contribution < 1.29 is 9.90 Å². The van der Waals surface area contributed by atoms with Gasteiger partial charge in [0, 0.05) is 26.3 Å². The molecule has 0 saturated carbocycles. The Hall–Kier alpha value is -1.36. The molecule has 1 aromatic rings. The van der Waals surface area contributed by atoms with Gasteiger partial charge in [-0.15, -0.1) is 0 Å². The lowest BCUT2D eigenvalue weighted by Gasteiger charge is -2.35. The highest BCUT2D eigenvalue weighted by Gasteiger charge is 2.30. The molecule has 0 unspecified atom stereocenters. The number of β-amino-alcohol motifs (C(OH)–C–C–N with tert-alkyl or cyclic N) is 1. The highest BCUT2D eigenvalue weighted by atomic mass is 16.3. The summed E-state index contributed by atoms with van der Waals surface area (Å²) in [5, 5.41) is 13.0. The molecule has 0 atom stereocenters. The molecule has 1 aliphatic rings. The van der Waals surface area contributed by atoms with E-state index in [0.717, 1.165) is 0 Å². The van der Waals surface area contributed by atoms with Crippen LogP contribution in [-0.2, 0) is 7.05 Å². The van der Waals surface area contributed by atoms with Gasteiger partial charge in [0.2, 0.25) is 0 Å². The van der Waals surface area contributed by atoms with E-state index in [1.165, 1.54) is 0 Å². The van der Waals surface area contributed by atoms with E-state index in [4.69, 9.17) is 5.11 Å². The monoisotopic (exact) mass is 181 g/mol. The summed E-state index contributed by atoms with van der Waals surface area (Å²) in [4.78, 5) is 13.1. The highest BCUT2D eigenvalue weighted by molar-refractivity contribution is 5.92. The summed E-state index contributed by atoms with van der Waals surface area (Å²) in [6.07, 6.45) is 1.37. The van der Waals surface area contributed by atoms with Crippen LogP contribution in [0.25, 0.3) is 0 Å². The van der Waals surface area contributed by atoms with E-state index in [1.54, 1.807) is 28.9 Å². The second-order valence-corrected chi connectivity index (χ2v) is 3.24. The van der Waals surface area contributed by atoms with E-state index in [-0.39, 0.29) is 12.0 Å². The molecule has 1 fully saturated rings. The largest absolute Gasteiger partial charge is 0.389 e. The molecule has 1 aromatic heterocycles. The Morgan fingerprint density at radius 1 is 1.69 bits per heavy atom. The fraction of sp³-hybridized carbons (Fsp3) is 0.500. The lowest BCUT2D eigenvalue weighted by atomic mass is 10.1. The minimum absolute atomic E-state index is 0.106. The second-order valence-electron chi connectivity index (χ2n) is 3.24. The molecule has 2 heterocycles. The number of hydrogen-bond acceptors (Lipinski definition) is 3. The Morgan fingerprint density at radius 3 is 2.85 bits per heavy atom. The molecule has 5 heteroatoms. The first-order valence-electron chi connectivity index (χ1n) is 4.14. The number of aliphatic hydroxyl groups is 1. The number of hydrogen-bond donors (Lipinski definition) is 1. The van der Waals surface area contributed by atoms with Crippen LogP contribution in [0.5, 0.6) is 0 Å². The van der Waals surface area contributed by atoms with Crippen LogP contribution >= 0.6 is 0 Å². The molecule has 1 amide bonds. The summed E-state index contributed by atoms with van der Waals surface area (Å²) in [6.45, 7) is 0.852. The van der Waals surface area contributed by atoms with Gasteiger partial charge in [0.05, 0.1) is 6.10 Å². The molecule has 0 aliphatic carbocycles. The summed E-state index contributed by atoms with van der Waals surface area (Å²) in [5.41, 5.74) is 0.439. The minimum atomic E-state index is -0.354. The number of carbonyl (C=O) groups excluding carboxylic acids is 1. The van der Waals surface area contributed by atoms with Crippen LogP contribution in [0.3, 0.4) is 0 Å². The predicted octanol–water partition coefficient (Wildman–Crippen LogP) is -0.763. The van der Waals surface area contributed by atoms with Gasteiger partial charge in [0.25, 0.3) is 5.91 Å². The Kier molecular flexibility index (Phi) is 1.81. The molecule has 2 rings (SSSR count). The minimum Gasteiger partial charge on any atom is -0.389 e. The zero-order chi connectivity index (χ0) is 9.42. The van der Waals surface area contributed by atoms with Crippen LogP contribution < -0.4 is 0 Å². The average Bonchev–Trinajstić information content (AvgIpc) is 2.45. The van der Waals surface area contributed by atoms with Gasteiger partial charge in [-0.1, -0.05) is 0 Å². The number of aliphatic hydroxyl groups excluding tert-OH is 1. The number of nitrogens with zero attached hydrogens (tertiary/aromatic N) is 3. The molecule has 1 N–H and O–H groups in total. The van der Waals surface area contributed by atoms with Crippen molar-refractivity contribution in [2.24, 2.45) is 7.05 Å². The van der Waals surface area contributed by atoms with E-state index in [0.29, 0.717) is 18.8 Å². The number of rotatable bonds is 1. The van der Waals surface area contributed by atoms with E-state index in [2.05, 4.69) is 5.10 Å². The standard InChI is InChI=1S/C8H11N3O2/c1-10-3-2-7(9-10)8(13)11-4-6(12)5-11/h2-3,6,12H,4-5H2,1H3. The van der Waals surface area contributed by atoms with E-state index < -0.39 is 0 Å². The van der Waals surface area contributed by atoms with Crippen molar-refractivity contribution in [2.45, 2.75) is 6.10 Å². The van der Waals surface area contributed by atoms with E-state index >= 15 is 0 Å². The number of aryl methyl sites for hydroxylation is 1. The topological polar surface area (TPSA) is 58.4 Å². The van der Waals surface area contributed by atoms with Crippen molar-refractivity contribution in [3.63, 3.8) is 0 Å². The van der Waals surface area contributed by atoms with Gasteiger partial charge in [-0.2, -0.15) is 5.10 Å². The Bertz CT molecular complexity index is 328. The Morgan fingerprint density at radius 2 is 2.38 bits per heavy atom. The van der Waals surface area contributed by atoms with Gasteiger partial charge in [-0.25, -0.2) is 0 Å². The fourth-order valence-corrected chi connectivity index (χ4v) is 1.31. The molecular formula is C8H11N3O2. The number of likely N-dealkylation sites (tertiary alicyclic amines) is 1. The molecule has 0 aromatic carbocycles. The van der Waals surface area contributed by atoms with E-state index in [9.17, 15) is 4.79 Å². The summed E-state index contributed by atoms with van der Waals surface area (Å²) >= 11 is 0. The second kappa shape index (κ2) is 2.85. The maximum Gasteiger partial charge on any atom is 0.274 e. The smallest absolute Gasteiger partial charge is 0.274 e. The van der Waals surface area contributed by atoms with Crippen LogP contribution in [0.2, 0.25) is 0 Å². The zero-order valence-corrected chi connectivity index (χ0v) is 7.34. The maximum atomic E-state index is 11.5.